The van der Waals surface area contributed by atoms with E-state index in [0.29, 0.717) is 0 Å². The lowest BCUT2D eigenvalue weighted by molar-refractivity contribution is -0.431. The minimum atomic E-state index is -1.31. The lowest BCUT2D eigenvalue weighted by Gasteiger charge is -2.08. The summed E-state index contributed by atoms with van der Waals surface area (Å²) in [5.41, 5.74) is 1.75. The van der Waals surface area contributed by atoms with E-state index in [1.54, 1.807) is 0 Å². The summed E-state index contributed by atoms with van der Waals surface area (Å²) >= 11 is 0. The van der Waals surface area contributed by atoms with Gasteiger partial charge in [0, 0.05) is 7.11 Å². The molecule has 3 atom stereocenters. The van der Waals surface area contributed by atoms with Crippen LogP contribution >= 0.6 is 0 Å². The summed E-state index contributed by atoms with van der Waals surface area (Å²) in [6, 6.07) is 9.27. The maximum atomic E-state index is 10.3. The Labute approximate surface area is 106 Å². The summed E-state index contributed by atoms with van der Waals surface area (Å²) < 4.78 is 6.54. The summed E-state index contributed by atoms with van der Waals surface area (Å²) in [6.07, 6.45) is 1.08. The molecule has 1 fully saturated rings. The van der Waals surface area contributed by atoms with Crippen molar-refractivity contribution < 1.29 is 14.4 Å². The van der Waals surface area contributed by atoms with E-state index < -0.39 is 5.79 Å². The first-order valence-corrected chi connectivity index (χ1v) is 5.67. The van der Waals surface area contributed by atoms with Crippen molar-refractivity contribution in [3.05, 3.63) is 42.5 Å². The Morgan fingerprint density at radius 2 is 2.11 bits per heavy atom. The summed E-state index contributed by atoms with van der Waals surface area (Å²) in [5.74, 6) is -1.59. The van der Waals surface area contributed by atoms with Crippen LogP contribution in [0.25, 0.3) is 5.57 Å². The first-order chi connectivity index (χ1) is 8.56. The largest absolute Gasteiger partial charge is 0.362 e. The second kappa shape index (κ2) is 4.48. The second-order valence-corrected chi connectivity index (χ2v) is 4.41. The number of aliphatic hydroxyl groups is 1. The zero-order valence-corrected chi connectivity index (χ0v) is 10.3. The molecule has 2 rings (SSSR count). The average molecular weight is 245 g/mol. The molecule has 2 N–H and O–H groups in total. The maximum absolute atomic E-state index is 10.3. The standard InChI is InChI=1S/C14H17N2O2/c1-10(11-7-5-4-6-8-11)12-13(16(2)9-15)14(12,17)18-3/h4-9,12-13,15,17H,1-2H2,3H3/q+1. The van der Waals surface area contributed by atoms with Crippen molar-refractivity contribution in [2.45, 2.75) is 11.8 Å². The van der Waals surface area contributed by atoms with E-state index >= 15 is 0 Å². The van der Waals surface area contributed by atoms with Gasteiger partial charge >= 0.3 is 0 Å². The van der Waals surface area contributed by atoms with Crippen LogP contribution in [0, 0.1) is 11.3 Å². The van der Waals surface area contributed by atoms with Crippen molar-refractivity contribution in [1.82, 2.24) is 0 Å². The number of rotatable bonds is 5. The molecule has 1 saturated carbocycles. The van der Waals surface area contributed by atoms with Crippen molar-refractivity contribution in [2.75, 3.05) is 7.11 Å². The molecule has 18 heavy (non-hydrogen) atoms. The normalized spacial score (nSPS) is 29.7. The van der Waals surface area contributed by atoms with Gasteiger partial charge in [0.15, 0.2) is 6.04 Å². The first-order valence-electron chi connectivity index (χ1n) is 5.67. The lowest BCUT2D eigenvalue weighted by Crippen LogP contribution is -2.24. The quantitative estimate of drug-likeness (QED) is 0.356. The number of ether oxygens (including phenoxy) is 1. The Bertz CT molecular complexity index is 498. The number of nitrogens with one attached hydrogen (secondary N) is 1. The van der Waals surface area contributed by atoms with Crippen molar-refractivity contribution in [3.63, 3.8) is 0 Å². The minimum absolute atomic E-state index is 0.274. The molecule has 0 spiro atoms. The van der Waals surface area contributed by atoms with Crippen LogP contribution in [0.2, 0.25) is 0 Å². The smallest absolute Gasteiger partial charge is 0.277 e. The van der Waals surface area contributed by atoms with Crippen LogP contribution in [0.1, 0.15) is 5.56 Å². The van der Waals surface area contributed by atoms with Crippen LogP contribution in [-0.2, 0) is 4.74 Å². The highest BCUT2D eigenvalue weighted by molar-refractivity contribution is 5.70. The van der Waals surface area contributed by atoms with Crippen LogP contribution < -0.4 is 0 Å². The van der Waals surface area contributed by atoms with Crippen LogP contribution in [0.15, 0.2) is 36.9 Å². The molecule has 0 radical (unpaired) electrons. The van der Waals surface area contributed by atoms with Crippen LogP contribution in [0.3, 0.4) is 0 Å². The van der Waals surface area contributed by atoms with E-state index in [2.05, 4.69) is 13.3 Å². The van der Waals surface area contributed by atoms with Gasteiger partial charge in [-0.15, -0.1) is 5.41 Å². The van der Waals surface area contributed by atoms with Gasteiger partial charge in [-0.05, 0) is 11.1 Å². The number of methoxy groups -OCH3 is 1. The van der Waals surface area contributed by atoms with Crippen molar-refractivity contribution >= 4 is 18.6 Å². The number of benzene rings is 1. The molecule has 0 bridgehead atoms. The van der Waals surface area contributed by atoms with E-state index in [4.69, 9.17) is 10.1 Å². The monoisotopic (exact) mass is 245 g/mol. The molecule has 0 amide bonds. The number of hydrogen-bond acceptors (Lipinski definition) is 3. The highest BCUT2D eigenvalue weighted by Crippen LogP contribution is 2.52. The second-order valence-electron chi connectivity index (χ2n) is 4.41. The highest BCUT2D eigenvalue weighted by atomic mass is 16.6. The van der Waals surface area contributed by atoms with Crippen LogP contribution in [0.4, 0.5) is 0 Å². The van der Waals surface area contributed by atoms with Gasteiger partial charge in [0.1, 0.15) is 0 Å². The van der Waals surface area contributed by atoms with Gasteiger partial charge in [-0.1, -0.05) is 36.9 Å². The van der Waals surface area contributed by atoms with Crippen LogP contribution in [-0.4, -0.2) is 41.7 Å². The van der Waals surface area contributed by atoms with Gasteiger partial charge in [0.2, 0.25) is 5.79 Å². The third kappa shape index (κ3) is 1.79. The topological polar surface area (TPSA) is 56.3 Å². The van der Waals surface area contributed by atoms with Gasteiger partial charge in [0.25, 0.3) is 6.34 Å². The van der Waals surface area contributed by atoms with Crippen LogP contribution in [0.5, 0.6) is 0 Å². The Balaban J connectivity index is 2.27. The molecule has 1 aromatic carbocycles. The Morgan fingerprint density at radius 3 is 2.61 bits per heavy atom. The van der Waals surface area contributed by atoms with E-state index in [1.807, 2.05) is 30.3 Å². The Kier molecular flexibility index (Phi) is 3.15. The zero-order chi connectivity index (χ0) is 13.3. The summed E-state index contributed by atoms with van der Waals surface area (Å²) in [5, 5.41) is 17.5. The molecular weight excluding hydrogens is 228 g/mol. The first kappa shape index (κ1) is 12.7. The van der Waals surface area contributed by atoms with E-state index in [-0.39, 0.29) is 12.0 Å². The molecule has 1 aliphatic rings. The predicted molar refractivity (Wildman–Crippen MR) is 70.9 cm³/mol. The van der Waals surface area contributed by atoms with Crippen molar-refractivity contribution in [1.29, 1.82) is 5.41 Å². The summed E-state index contributed by atoms with van der Waals surface area (Å²) in [4.78, 5) is 0. The molecule has 4 nitrogen and oxygen atoms in total. The van der Waals surface area contributed by atoms with Gasteiger partial charge < -0.3 is 9.84 Å². The van der Waals surface area contributed by atoms with E-state index in [1.165, 1.54) is 11.7 Å². The molecular formula is C14H17N2O2+. The number of nitrogens with zero attached hydrogens (tertiary/aromatic N) is 1. The maximum Gasteiger partial charge on any atom is 0.277 e. The third-order valence-electron chi connectivity index (χ3n) is 3.45. The van der Waals surface area contributed by atoms with Gasteiger partial charge in [-0.2, -0.15) is 0 Å². The Hall–Kier alpha value is -1.78. The Morgan fingerprint density at radius 1 is 1.50 bits per heavy atom. The lowest BCUT2D eigenvalue weighted by atomic mass is 10.0. The van der Waals surface area contributed by atoms with Gasteiger partial charge in [0.05, 0.1) is 12.6 Å². The molecule has 0 saturated heterocycles. The fourth-order valence-electron chi connectivity index (χ4n) is 2.36. The molecule has 94 valence electrons. The molecule has 4 heteroatoms. The molecule has 0 heterocycles. The molecule has 1 aliphatic carbocycles. The van der Waals surface area contributed by atoms with Gasteiger partial charge in [-0.25, -0.2) is 4.58 Å². The SMILES string of the molecule is C=C(c1ccccc1)C1C([N+](=C)C=N)C1(O)OC. The summed E-state index contributed by atoms with van der Waals surface area (Å²) in [6.45, 7) is 7.73. The van der Waals surface area contributed by atoms with Gasteiger partial charge in [-0.3, -0.25) is 0 Å². The predicted octanol–water partition coefficient (Wildman–Crippen LogP) is 1.35. The molecule has 3 unspecified atom stereocenters. The highest BCUT2D eigenvalue weighted by Gasteiger charge is 2.71. The minimum Gasteiger partial charge on any atom is -0.362 e. The fraction of sp³-hybridized carbons (Fsp3) is 0.286. The number of hydrogen-bond donors (Lipinski definition) is 2. The van der Waals surface area contributed by atoms with Crippen molar-refractivity contribution in [2.24, 2.45) is 5.92 Å². The molecule has 0 aliphatic heterocycles. The van der Waals surface area contributed by atoms with E-state index in [9.17, 15) is 5.11 Å². The average Bonchev–Trinajstić information content (AvgIpc) is 3.05. The molecule has 0 aromatic heterocycles. The third-order valence-corrected chi connectivity index (χ3v) is 3.45. The van der Waals surface area contributed by atoms with E-state index in [0.717, 1.165) is 17.5 Å². The summed E-state index contributed by atoms with van der Waals surface area (Å²) in [7, 11) is 1.45. The molecule has 1 aromatic rings. The van der Waals surface area contributed by atoms with Crippen molar-refractivity contribution in [3.8, 4) is 0 Å². The zero-order valence-electron chi connectivity index (χ0n) is 10.3. The fourth-order valence-corrected chi connectivity index (χ4v) is 2.36.